The first-order chi connectivity index (χ1) is 15.4. The quantitative estimate of drug-likeness (QED) is 0.458. The van der Waals surface area contributed by atoms with Crippen molar-refractivity contribution in [2.24, 2.45) is 0 Å². The molecule has 164 valence electrons. The Hall–Kier alpha value is -3.92. The van der Waals surface area contributed by atoms with Crippen molar-refractivity contribution in [1.82, 2.24) is 19.7 Å². The number of rotatable bonds is 7. The van der Waals surface area contributed by atoms with E-state index in [9.17, 15) is 13.2 Å². The second-order valence-corrected chi connectivity index (χ2v) is 8.72. The van der Waals surface area contributed by atoms with Crippen molar-refractivity contribution in [1.29, 1.82) is 0 Å². The number of fused-ring (bicyclic) bond motifs is 1. The fraction of sp³-hybridized carbons (Fsp3) is 0.136. The first kappa shape index (κ1) is 21.3. The Morgan fingerprint density at radius 3 is 2.53 bits per heavy atom. The molecule has 0 fully saturated rings. The number of hydrogen-bond acceptors (Lipinski definition) is 7. The molecule has 0 unspecified atom stereocenters. The van der Waals surface area contributed by atoms with Gasteiger partial charge in [-0.2, -0.15) is 4.98 Å². The summed E-state index contributed by atoms with van der Waals surface area (Å²) < 4.78 is 37.9. The molecule has 3 heterocycles. The third-order valence-electron chi connectivity index (χ3n) is 4.83. The molecule has 0 saturated carbocycles. The average Bonchev–Trinajstić information content (AvgIpc) is 3.30. The molecule has 1 N–H and O–H groups in total. The maximum Gasteiger partial charge on any atom is 0.253 e. The number of aromatic nitrogens is 3. The maximum atomic E-state index is 13.0. The van der Waals surface area contributed by atoms with Crippen molar-refractivity contribution in [3.05, 3.63) is 78.2 Å². The lowest BCUT2D eigenvalue weighted by molar-refractivity contribution is 0.0950. The molecule has 0 atom stereocenters. The molecule has 0 radical (unpaired) electrons. The number of methoxy groups -OCH3 is 2. The predicted octanol–water partition coefficient (Wildman–Crippen LogP) is 2.51. The number of amides is 1. The van der Waals surface area contributed by atoms with Gasteiger partial charge < -0.3 is 19.2 Å². The lowest BCUT2D eigenvalue weighted by Gasteiger charge is -2.11. The van der Waals surface area contributed by atoms with Crippen molar-refractivity contribution in [2.45, 2.75) is 16.3 Å². The highest BCUT2D eigenvalue weighted by atomic mass is 32.2. The molecule has 0 aliphatic heterocycles. The van der Waals surface area contributed by atoms with E-state index in [1.54, 1.807) is 47.3 Å². The van der Waals surface area contributed by atoms with Crippen LogP contribution in [0.2, 0.25) is 0 Å². The second-order valence-electron chi connectivity index (χ2n) is 6.80. The van der Waals surface area contributed by atoms with Crippen LogP contribution in [0.4, 0.5) is 0 Å². The van der Waals surface area contributed by atoms with Gasteiger partial charge in [0.25, 0.3) is 5.91 Å². The molecule has 0 aliphatic rings. The molecular formula is C22H20N4O5S. The van der Waals surface area contributed by atoms with Crippen LogP contribution in [0.3, 0.4) is 0 Å². The maximum absolute atomic E-state index is 13.0. The second kappa shape index (κ2) is 8.67. The van der Waals surface area contributed by atoms with E-state index in [4.69, 9.17) is 9.47 Å². The third kappa shape index (κ3) is 4.12. The molecule has 10 heteroatoms. The zero-order valence-electron chi connectivity index (χ0n) is 17.3. The number of nitrogens with zero attached hydrogens (tertiary/aromatic N) is 3. The first-order valence-electron chi connectivity index (χ1n) is 9.56. The van der Waals surface area contributed by atoms with Crippen LogP contribution in [0.1, 0.15) is 15.9 Å². The van der Waals surface area contributed by atoms with E-state index in [0.717, 1.165) is 11.2 Å². The molecule has 32 heavy (non-hydrogen) atoms. The number of benzene rings is 1. The number of imidazole rings is 1. The van der Waals surface area contributed by atoms with E-state index >= 15 is 0 Å². The van der Waals surface area contributed by atoms with Crippen molar-refractivity contribution >= 4 is 21.4 Å². The molecule has 3 aromatic heterocycles. The molecule has 9 nitrogen and oxygen atoms in total. The van der Waals surface area contributed by atoms with E-state index in [-0.39, 0.29) is 34.0 Å². The number of nitrogens with one attached hydrogen (secondary N) is 1. The molecule has 4 aromatic rings. The Morgan fingerprint density at radius 1 is 1.03 bits per heavy atom. The highest BCUT2D eigenvalue weighted by molar-refractivity contribution is 7.91. The minimum Gasteiger partial charge on any atom is -0.481 e. The minimum atomic E-state index is -3.85. The third-order valence-corrected chi connectivity index (χ3v) is 6.61. The van der Waals surface area contributed by atoms with Gasteiger partial charge in [0.15, 0.2) is 0 Å². The van der Waals surface area contributed by atoms with Gasteiger partial charge >= 0.3 is 0 Å². The smallest absolute Gasteiger partial charge is 0.253 e. The van der Waals surface area contributed by atoms with Gasteiger partial charge in [-0.05, 0) is 35.9 Å². The number of carbonyl (C=O) groups excluding carboxylic acids is 1. The fourth-order valence-corrected chi connectivity index (χ4v) is 4.48. The molecular weight excluding hydrogens is 432 g/mol. The van der Waals surface area contributed by atoms with Crippen molar-refractivity contribution in [3.63, 3.8) is 0 Å². The van der Waals surface area contributed by atoms with Crippen LogP contribution in [0.25, 0.3) is 5.65 Å². The summed E-state index contributed by atoms with van der Waals surface area (Å²) in [5.41, 5.74) is 2.00. The van der Waals surface area contributed by atoms with Gasteiger partial charge in [0.05, 0.1) is 24.7 Å². The first-order valence-corrected chi connectivity index (χ1v) is 11.0. The van der Waals surface area contributed by atoms with Gasteiger partial charge in [-0.1, -0.05) is 12.1 Å². The van der Waals surface area contributed by atoms with Crippen molar-refractivity contribution < 1.29 is 22.7 Å². The number of sulfone groups is 1. The summed E-state index contributed by atoms with van der Waals surface area (Å²) in [5, 5.41) is 2.83. The van der Waals surface area contributed by atoms with Gasteiger partial charge in [0.1, 0.15) is 10.5 Å². The lowest BCUT2D eigenvalue weighted by atomic mass is 10.2. The lowest BCUT2D eigenvalue weighted by Crippen LogP contribution is -2.23. The van der Waals surface area contributed by atoms with E-state index in [2.05, 4.69) is 15.3 Å². The Balaban J connectivity index is 1.48. The molecule has 0 aliphatic carbocycles. The molecule has 0 saturated heterocycles. The monoisotopic (exact) mass is 452 g/mol. The molecule has 4 rings (SSSR count). The summed E-state index contributed by atoms with van der Waals surface area (Å²) in [6.45, 7) is 0.245. The van der Waals surface area contributed by atoms with E-state index in [1.165, 1.54) is 38.5 Å². The van der Waals surface area contributed by atoms with Crippen molar-refractivity contribution in [2.75, 3.05) is 14.2 Å². The van der Waals surface area contributed by atoms with E-state index < -0.39 is 9.84 Å². The number of carbonyl (C=O) groups is 1. The molecule has 0 spiro atoms. The van der Waals surface area contributed by atoms with E-state index in [0.29, 0.717) is 5.56 Å². The fourth-order valence-electron chi connectivity index (χ4n) is 3.13. The molecule has 1 amide bonds. The van der Waals surface area contributed by atoms with Crippen LogP contribution in [0.15, 0.2) is 76.9 Å². The number of ether oxygens (including phenoxy) is 2. The Kier molecular flexibility index (Phi) is 5.78. The van der Waals surface area contributed by atoms with Crippen LogP contribution in [-0.4, -0.2) is 42.9 Å². The zero-order valence-corrected chi connectivity index (χ0v) is 18.2. The zero-order chi connectivity index (χ0) is 22.7. The molecule has 0 bridgehead atoms. The SMILES string of the molecule is COc1ccc(S(=O)(=O)c2ccc(CNC(=O)c3ccc4nccn4c3)cc2)c(OC)n1. The van der Waals surface area contributed by atoms with Crippen LogP contribution in [-0.2, 0) is 16.4 Å². The highest BCUT2D eigenvalue weighted by Crippen LogP contribution is 2.29. The van der Waals surface area contributed by atoms with Crippen LogP contribution < -0.4 is 14.8 Å². The largest absolute Gasteiger partial charge is 0.481 e. The number of pyridine rings is 2. The topological polar surface area (TPSA) is 112 Å². The highest BCUT2D eigenvalue weighted by Gasteiger charge is 2.24. The summed E-state index contributed by atoms with van der Waals surface area (Å²) in [7, 11) is -1.07. The van der Waals surface area contributed by atoms with Crippen LogP contribution in [0.5, 0.6) is 11.8 Å². The van der Waals surface area contributed by atoms with Gasteiger partial charge in [-0.15, -0.1) is 0 Å². The van der Waals surface area contributed by atoms with Gasteiger partial charge in [-0.25, -0.2) is 13.4 Å². The summed E-state index contributed by atoms with van der Waals surface area (Å²) in [6.07, 6.45) is 5.12. The number of hydrogen-bond donors (Lipinski definition) is 1. The van der Waals surface area contributed by atoms with Crippen LogP contribution in [0, 0.1) is 0 Å². The summed E-state index contributed by atoms with van der Waals surface area (Å²) >= 11 is 0. The average molecular weight is 452 g/mol. The van der Waals surface area contributed by atoms with Crippen molar-refractivity contribution in [3.8, 4) is 11.8 Å². The van der Waals surface area contributed by atoms with Crippen LogP contribution >= 0.6 is 0 Å². The summed E-state index contributed by atoms with van der Waals surface area (Å²) in [4.78, 5) is 20.7. The van der Waals surface area contributed by atoms with Gasteiger partial charge in [0, 0.05) is 31.2 Å². The Labute approximate surface area is 184 Å². The Morgan fingerprint density at radius 2 is 1.81 bits per heavy atom. The minimum absolute atomic E-state index is 0.0458. The summed E-state index contributed by atoms with van der Waals surface area (Å²) in [6, 6.07) is 12.6. The standard InChI is InChI=1S/C22H20N4O5S/c1-30-20-10-8-18(22(25-20)31-2)32(28,29)17-6-3-15(4-7-17)13-24-21(27)16-5-9-19-23-11-12-26(19)14-16/h3-12,14H,13H2,1-2H3,(H,24,27). The normalized spacial score (nSPS) is 11.3. The summed E-state index contributed by atoms with van der Waals surface area (Å²) in [5.74, 6) is -0.0408. The Bertz CT molecular complexity index is 1380. The molecule has 1 aromatic carbocycles. The van der Waals surface area contributed by atoms with E-state index in [1.807, 2.05) is 0 Å². The van der Waals surface area contributed by atoms with Gasteiger partial charge in [0.2, 0.25) is 21.6 Å². The predicted molar refractivity (Wildman–Crippen MR) is 116 cm³/mol. The van der Waals surface area contributed by atoms with Gasteiger partial charge in [-0.3, -0.25) is 4.79 Å².